The van der Waals surface area contributed by atoms with Crippen LogP contribution in [0.2, 0.25) is 0 Å². The molecule has 0 heterocycles. The Balaban J connectivity index is 1.99. The third-order valence-corrected chi connectivity index (χ3v) is 3.35. The summed E-state index contributed by atoms with van der Waals surface area (Å²) in [5.41, 5.74) is 2.37. The molecular formula is C19H20N2O3. The quantitative estimate of drug-likeness (QED) is 0.845. The molecule has 2 rings (SSSR count). The SMILES string of the molecule is CCOc1cc(C#N)ccc1OCC(=O)Nc1cccc(CC)c1. The summed E-state index contributed by atoms with van der Waals surface area (Å²) in [6.45, 7) is 4.21. The van der Waals surface area contributed by atoms with Crippen molar-refractivity contribution in [2.75, 3.05) is 18.5 Å². The number of rotatable bonds is 7. The lowest BCUT2D eigenvalue weighted by atomic mass is 10.1. The number of carbonyl (C=O) groups is 1. The topological polar surface area (TPSA) is 71.3 Å². The maximum Gasteiger partial charge on any atom is 0.262 e. The highest BCUT2D eigenvalue weighted by molar-refractivity contribution is 5.92. The molecule has 2 aromatic rings. The van der Waals surface area contributed by atoms with Gasteiger partial charge >= 0.3 is 0 Å². The van der Waals surface area contributed by atoms with E-state index in [9.17, 15) is 4.79 Å². The zero-order valence-corrected chi connectivity index (χ0v) is 13.8. The van der Waals surface area contributed by atoms with Crippen molar-refractivity contribution >= 4 is 11.6 Å². The molecule has 0 unspecified atom stereocenters. The van der Waals surface area contributed by atoms with Crippen molar-refractivity contribution in [2.24, 2.45) is 0 Å². The molecule has 0 bridgehead atoms. The zero-order chi connectivity index (χ0) is 17.4. The van der Waals surface area contributed by atoms with Gasteiger partial charge in [0.25, 0.3) is 5.91 Å². The summed E-state index contributed by atoms with van der Waals surface area (Å²) in [6, 6.07) is 14.6. The monoisotopic (exact) mass is 324 g/mol. The molecular weight excluding hydrogens is 304 g/mol. The van der Waals surface area contributed by atoms with Gasteiger partial charge in [-0.2, -0.15) is 5.26 Å². The summed E-state index contributed by atoms with van der Waals surface area (Å²) in [5.74, 6) is 0.640. The second-order valence-corrected chi connectivity index (χ2v) is 5.10. The summed E-state index contributed by atoms with van der Waals surface area (Å²) >= 11 is 0. The van der Waals surface area contributed by atoms with Crippen molar-refractivity contribution in [3.05, 3.63) is 53.6 Å². The molecule has 5 heteroatoms. The van der Waals surface area contributed by atoms with Gasteiger partial charge in [0.05, 0.1) is 18.2 Å². The van der Waals surface area contributed by atoms with E-state index in [1.807, 2.05) is 37.3 Å². The van der Waals surface area contributed by atoms with E-state index in [1.165, 1.54) is 0 Å². The molecule has 124 valence electrons. The minimum atomic E-state index is -0.255. The zero-order valence-electron chi connectivity index (χ0n) is 13.8. The third-order valence-electron chi connectivity index (χ3n) is 3.35. The molecule has 0 radical (unpaired) electrons. The van der Waals surface area contributed by atoms with E-state index < -0.39 is 0 Å². The maximum absolute atomic E-state index is 12.0. The van der Waals surface area contributed by atoms with Crippen molar-refractivity contribution < 1.29 is 14.3 Å². The summed E-state index contributed by atoms with van der Waals surface area (Å²) in [6.07, 6.45) is 0.906. The van der Waals surface area contributed by atoms with Gasteiger partial charge in [0.15, 0.2) is 18.1 Å². The molecule has 0 aliphatic heterocycles. The van der Waals surface area contributed by atoms with Crippen LogP contribution in [0, 0.1) is 11.3 Å². The molecule has 0 fully saturated rings. The number of aryl methyl sites for hydroxylation is 1. The van der Waals surface area contributed by atoms with E-state index in [1.54, 1.807) is 18.2 Å². The number of nitriles is 1. The number of nitrogens with one attached hydrogen (secondary N) is 1. The molecule has 2 aromatic carbocycles. The second kappa shape index (κ2) is 8.59. The third kappa shape index (κ3) is 4.75. The number of nitrogens with zero attached hydrogens (tertiary/aromatic N) is 1. The Kier molecular flexibility index (Phi) is 6.21. The van der Waals surface area contributed by atoms with E-state index in [2.05, 4.69) is 12.2 Å². The van der Waals surface area contributed by atoms with Gasteiger partial charge < -0.3 is 14.8 Å². The van der Waals surface area contributed by atoms with Gasteiger partial charge in [-0.15, -0.1) is 0 Å². The van der Waals surface area contributed by atoms with Crippen LogP contribution in [0.3, 0.4) is 0 Å². The molecule has 0 atom stereocenters. The Bertz CT molecular complexity index is 751. The van der Waals surface area contributed by atoms with E-state index in [4.69, 9.17) is 14.7 Å². The molecule has 0 aromatic heterocycles. The van der Waals surface area contributed by atoms with Crippen LogP contribution in [-0.2, 0) is 11.2 Å². The van der Waals surface area contributed by atoms with Crippen LogP contribution in [0.1, 0.15) is 25.0 Å². The second-order valence-electron chi connectivity index (χ2n) is 5.10. The number of ether oxygens (including phenoxy) is 2. The van der Waals surface area contributed by atoms with Gasteiger partial charge in [-0.25, -0.2) is 0 Å². The molecule has 0 saturated carbocycles. The number of amides is 1. The highest BCUT2D eigenvalue weighted by Gasteiger charge is 2.09. The Morgan fingerprint density at radius 1 is 1.12 bits per heavy atom. The lowest BCUT2D eigenvalue weighted by molar-refractivity contribution is -0.118. The average Bonchev–Trinajstić information content (AvgIpc) is 2.61. The first-order valence-corrected chi connectivity index (χ1v) is 7.84. The molecule has 1 amide bonds. The van der Waals surface area contributed by atoms with E-state index >= 15 is 0 Å². The first-order valence-electron chi connectivity index (χ1n) is 7.84. The van der Waals surface area contributed by atoms with Gasteiger partial charge in [0.2, 0.25) is 0 Å². The van der Waals surface area contributed by atoms with Crippen LogP contribution in [0.4, 0.5) is 5.69 Å². The highest BCUT2D eigenvalue weighted by atomic mass is 16.5. The summed E-state index contributed by atoms with van der Waals surface area (Å²) in [7, 11) is 0. The van der Waals surface area contributed by atoms with Gasteiger partial charge in [-0.1, -0.05) is 19.1 Å². The largest absolute Gasteiger partial charge is 0.490 e. The van der Waals surface area contributed by atoms with Crippen molar-refractivity contribution in [1.29, 1.82) is 5.26 Å². The summed E-state index contributed by atoms with van der Waals surface area (Å²) in [4.78, 5) is 12.0. The smallest absolute Gasteiger partial charge is 0.262 e. The van der Waals surface area contributed by atoms with Crippen molar-refractivity contribution in [1.82, 2.24) is 0 Å². The fourth-order valence-corrected chi connectivity index (χ4v) is 2.17. The van der Waals surface area contributed by atoms with Crippen LogP contribution in [-0.4, -0.2) is 19.1 Å². The Labute approximate surface area is 141 Å². The molecule has 0 saturated heterocycles. The first kappa shape index (κ1) is 17.4. The maximum atomic E-state index is 12.0. The highest BCUT2D eigenvalue weighted by Crippen LogP contribution is 2.28. The van der Waals surface area contributed by atoms with Crippen molar-refractivity contribution in [3.8, 4) is 17.6 Å². The standard InChI is InChI=1S/C19H20N2O3/c1-3-14-6-5-7-16(10-14)21-19(22)13-24-17-9-8-15(12-20)11-18(17)23-4-2/h5-11H,3-4,13H2,1-2H3,(H,21,22). The lowest BCUT2D eigenvalue weighted by Crippen LogP contribution is -2.20. The minimum Gasteiger partial charge on any atom is -0.490 e. The Morgan fingerprint density at radius 3 is 2.67 bits per heavy atom. The number of hydrogen-bond acceptors (Lipinski definition) is 4. The molecule has 1 N–H and O–H groups in total. The predicted octanol–water partition coefficient (Wildman–Crippen LogP) is 3.54. The van der Waals surface area contributed by atoms with Crippen molar-refractivity contribution in [3.63, 3.8) is 0 Å². The van der Waals surface area contributed by atoms with E-state index in [0.717, 1.165) is 17.7 Å². The Hall–Kier alpha value is -3.00. The van der Waals surface area contributed by atoms with E-state index in [-0.39, 0.29) is 12.5 Å². The minimum absolute atomic E-state index is 0.137. The summed E-state index contributed by atoms with van der Waals surface area (Å²) < 4.78 is 11.0. The predicted molar refractivity (Wildman–Crippen MR) is 92.3 cm³/mol. The molecule has 0 spiro atoms. The molecule has 0 aliphatic carbocycles. The molecule has 0 aliphatic rings. The van der Waals surface area contributed by atoms with Crippen LogP contribution >= 0.6 is 0 Å². The molecule has 5 nitrogen and oxygen atoms in total. The van der Waals surface area contributed by atoms with Crippen LogP contribution in [0.5, 0.6) is 11.5 Å². The molecule has 24 heavy (non-hydrogen) atoms. The normalized spacial score (nSPS) is 9.88. The number of benzene rings is 2. The number of hydrogen-bond donors (Lipinski definition) is 1. The number of carbonyl (C=O) groups excluding carboxylic acids is 1. The summed E-state index contributed by atoms with van der Waals surface area (Å²) in [5, 5.41) is 11.7. The van der Waals surface area contributed by atoms with Crippen LogP contribution in [0.25, 0.3) is 0 Å². The van der Waals surface area contributed by atoms with Gasteiger partial charge in [-0.3, -0.25) is 4.79 Å². The van der Waals surface area contributed by atoms with Crippen LogP contribution < -0.4 is 14.8 Å². The van der Waals surface area contributed by atoms with Gasteiger partial charge in [-0.05, 0) is 43.2 Å². The Morgan fingerprint density at radius 2 is 1.96 bits per heavy atom. The fraction of sp³-hybridized carbons (Fsp3) is 0.263. The first-order chi connectivity index (χ1) is 11.7. The van der Waals surface area contributed by atoms with Crippen molar-refractivity contribution in [2.45, 2.75) is 20.3 Å². The van der Waals surface area contributed by atoms with Gasteiger partial charge in [0.1, 0.15) is 0 Å². The van der Waals surface area contributed by atoms with Crippen LogP contribution in [0.15, 0.2) is 42.5 Å². The fourth-order valence-electron chi connectivity index (χ4n) is 2.17. The van der Waals surface area contributed by atoms with Gasteiger partial charge in [0, 0.05) is 11.8 Å². The van der Waals surface area contributed by atoms with E-state index in [0.29, 0.717) is 23.7 Å². The average molecular weight is 324 g/mol. The lowest BCUT2D eigenvalue weighted by Gasteiger charge is -2.12. The number of anilines is 1.